The smallest absolute Gasteiger partial charge is 0.350 e. The molecule has 1 saturated heterocycles. The van der Waals surface area contributed by atoms with Crippen molar-refractivity contribution in [2.24, 2.45) is 0 Å². The molecule has 25 heavy (non-hydrogen) atoms. The first kappa shape index (κ1) is 17.6. The number of aryl methyl sites for hydroxylation is 1. The molecule has 1 aliphatic rings. The minimum Gasteiger partial charge on any atom is -0.462 e. The van der Waals surface area contributed by atoms with Gasteiger partial charge in [-0.05, 0) is 20.9 Å². The van der Waals surface area contributed by atoms with Gasteiger partial charge in [0, 0.05) is 32.2 Å². The highest BCUT2D eigenvalue weighted by Gasteiger charge is 2.17. The van der Waals surface area contributed by atoms with Crippen molar-refractivity contribution < 1.29 is 9.53 Å². The summed E-state index contributed by atoms with van der Waals surface area (Å²) >= 11 is 1.25. The number of aromatic nitrogens is 3. The zero-order valence-corrected chi connectivity index (χ0v) is 15.5. The maximum atomic E-state index is 11.7. The van der Waals surface area contributed by atoms with Crippen molar-refractivity contribution in [1.29, 1.82) is 0 Å². The molecule has 0 radical (unpaired) electrons. The highest BCUT2D eigenvalue weighted by atomic mass is 32.1. The Morgan fingerprint density at radius 1 is 1.32 bits per heavy atom. The molecule has 8 nitrogen and oxygen atoms in total. The Hall–Kier alpha value is -2.26. The van der Waals surface area contributed by atoms with Gasteiger partial charge in [0.2, 0.25) is 0 Å². The Labute approximate surface area is 150 Å². The first-order valence-corrected chi connectivity index (χ1v) is 9.06. The Kier molecular flexibility index (Phi) is 5.44. The third-order valence-electron chi connectivity index (χ3n) is 3.87. The maximum absolute atomic E-state index is 11.7. The molecule has 0 spiro atoms. The molecule has 0 saturated carbocycles. The molecule has 1 fully saturated rings. The summed E-state index contributed by atoms with van der Waals surface area (Å²) in [6.45, 7) is 7.91. The molecular weight excluding hydrogens is 340 g/mol. The molecule has 134 valence electrons. The first-order chi connectivity index (χ1) is 12.0. The van der Waals surface area contributed by atoms with Gasteiger partial charge in [0.1, 0.15) is 22.3 Å². The summed E-state index contributed by atoms with van der Waals surface area (Å²) in [5.74, 6) is 1.92. The van der Waals surface area contributed by atoms with Crippen LogP contribution in [0.4, 0.5) is 16.8 Å². The number of ether oxygens (including phenoxy) is 1. The monoisotopic (exact) mass is 362 g/mol. The third kappa shape index (κ3) is 4.43. The van der Waals surface area contributed by atoms with Crippen LogP contribution in [-0.2, 0) is 4.74 Å². The van der Waals surface area contributed by atoms with E-state index in [9.17, 15) is 4.79 Å². The summed E-state index contributed by atoms with van der Waals surface area (Å²) in [5.41, 5.74) is 0. The van der Waals surface area contributed by atoms with Crippen LogP contribution < -0.4 is 10.2 Å². The van der Waals surface area contributed by atoms with E-state index in [4.69, 9.17) is 4.74 Å². The van der Waals surface area contributed by atoms with Crippen LogP contribution in [-0.4, -0.2) is 65.7 Å². The molecule has 0 bridgehead atoms. The second-order valence-corrected chi connectivity index (χ2v) is 6.85. The second kappa shape index (κ2) is 7.75. The molecule has 2 aromatic heterocycles. The number of piperazine rings is 1. The number of carbonyl (C=O) groups excluding carboxylic acids is 1. The number of hydrogen-bond acceptors (Lipinski definition) is 9. The maximum Gasteiger partial charge on any atom is 0.350 e. The first-order valence-electron chi connectivity index (χ1n) is 8.24. The number of thiazole rings is 1. The van der Waals surface area contributed by atoms with E-state index < -0.39 is 0 Å². The van der Waals surface area contributed by atoms with Crippen molar-refractivity contribution in [2.45, 2.75) is 13.8 Å². The van der Waals surface area contributed by atoms with E-state index in [1.807, 2.05) is 13.0 Å². The summed E-state index contributed by atoms with van der Waals surface area (Å²) in [5, 5.41) is 3.76. The highest BCUT2D eigenvalue weighted by Crippen LogP contribution is 2.24. The average molecular weight is 362 g/mol. The standard InChI is InChI=1S/C16H22N6O2S/c1-4-24-15(23)12-10-17-16(25-12)20-13-9-14(19-11(2)18-13)22-7-5-21(3)6-8-22/h9-10H,4-8H2,1-3H3,(H,17,18,19,20). The van der Waals surface area contributed by atoms with Gasteiger partial charge in [-0.15, -0.1) is 0 Å². The van der Waals surface area contributed by atoms with Crippen molar-refractivity contribution in [3.63, 3.8) is 0 Å². The fourth-order valence-corrected chi connectivity index (χ4v) is 3.27. The van der Waals surface area contributed by atoms with Gasteiger partial charge in [-0.3, -0.25) is 0 Å². The van der Waals surface area contributed by atoms with Crippen LogP contribution in [0, 0.1) is 6.92 Å². The summed E-state index contributed by atoms with van der Waals surface area (Å²) in [6, 6.07) is 1.92. The largest absolute Gasteiger partial charge is 0.462 e. The van der Waals surface area contributed by atoms with E-state index in [1.165, 1.54) is 17.5 Å². The van der Waals surface area contributed by atoms with E-state index in [0.717, 1.165) is 32.0 Å². The van der Waals surface area contributed by atoms with Gasteiger partial charge in [-0.2, -0.15) is 0 Å². The quantitative estimate of drug-likeness (QED) is 0.808. The van der Waals surface area contributed by atoms with Gasteiger partial charge in [0.15, 0.2) is 5.13 Å². The average Bonchev–Trinajstić information content (AvgIpc) is 3.04. The summed E-state index contributed by atoms with van der Waals surface area (Å²) in [4.78, 5) is 30.0. The fraction of sp³-hybridized carbons (Fsp3) is 0.500. The molecule has 1 aliphatic heterocycles. The van der Waals surface area contributed by atoms with E-state index in [0.29, 0.717) is 28.3 Å². The van der Waals surface area contributed by atoms with Crippen LogP contribution in [0.2, 0.25) is 0 Å². The number of carbonyl (C=O) groups is 1. The number of rotatable bonds is 5. The van der Waals surface area contributed by atoms with Gasteiger partial charge in [0.25, 0.3) is 0 Å². The lowest BCUT2D eigenvalue weighted by molar-refractivity contribution is 0.0532. The lowest BCUT2D eigenvalue weighted by atomic mass is 10.3. The van der Waals surface area contributed by atoms with Crippen LogP contribution in [0.3, 0.4) is 0 Å². The van der Waals surface area contributed by atoms with Crippen LogP contribution >= 0.6 is 11.3 Å². The van der Waals surface area contributed by atoms with Crippen molar-refractivity contribution in [3.8, 4) is 0 Å². The van der Waals surface area contributed by atoms with E-state index >= 15 is 0 Å². The molecule has 0 aromatic carbocycles. The van der Waals surface area contributed by atoms with E-state index in [2.05, 4.69) is 37.1 Å². The molecule has 9 heteroatoms. The van der Waals surface area contributed by atoms with Crippen molar-refractivity contribution >= 4 is 34.1 Å². The van der Waals surface area contributed by atoms with Gasteiger partial charge in [0.05, 0.1) is 12.8 Å². The number of nitrogens with zero attached hydrogens (tertiary/aromatic N) is 5. The van der Waals surface area contributed by atoms with Crippen LogP contribution in [0.1, 0.15) is 22.4 Å². The fourth-order valence-electron chi connectivity index (χ4n) is 2.55. The van der Waals surface area contributed by atoms with Crippen molar-refractivity contribution in [1.82, 2.24) is 19.9 Å². The van der Waals surface area contributed by atoms with Crippen LogP contribution in [0.25, 0.3) is 0 Å². The minimum absolute atomic E-state index is 0.346. The van der Waals surface area contributed by atoms with Gasteiger partial charge in [-0.25, -0.2) is 19.7 Å². The molecule has 0 unspecified atom stereocenters. The summed E-state index contributed by atoms with van der Waals surface area (Å²) in [7, 11) is 2.12. The molecule has 0 atom stereocenters. The number of esters is 1. The third-order valence-corrected chi connectivity index (χ3v) is 4.76. The second-order valence-electron chi connectivity index (χ2n) is 5.82. The van der Waals surface area contributed by atoms with Gasteiger partial charge in [-0.1, -0.05) is 11.3 Å². The Bertz CT molecular complexity index is 742. The molecular formula is C16H22N6O2S. The lowest BCUT2D eigenvalue weighted by Crippen LogP contribution is -2.44. The molecule has 0 amide bonds. The molecule has 1 N–H and O–H groups in total. The number of hydrogen-bond donors (Lipinski definition) is 1. The SMILES string of the molecule is CCOC(=O)c1cnc(Nc2cc(N3CCN(C)CC3)nc(C)n2)s1. The van der Waals surface area contributed by atoms with Crippen LogP contribution in [0.5, 0.6) is 0 Å². The van der Waals surface area contributed by atoms with E-state index in [1.54, 1.807) is 6.92 Å². The summed E-state index contributed by atoms with van der Waals surface area (Å²) < 4.78 is 4.99. The predicted molar refractivity (Wildman–Crippen MR) is 97.8 cm³/mol. The van der Waals surface area contributed by atoms with Crippen molar-refractivity contribution in [3.05, 3.63) is 23.0 Å². The normalized spacial score (nSPS) is 15.2. The minimum atomic E-state index is -0.356. The zero-order valence-electron chi connectivity index (χ0n) is 14.7. The highest BCUT2D eigenvalue weighted by molar-refractivity contribution is 7.17. The molecule has 3 heterocycles. The van der Waals surface area contributed by atoms with Gasteiger partial charge < -0.3 is 19.9 Å². The molecule has 2 aromatic rings. The zero-order chi connectivity index (χ0) is 17.8. The molecule has 0 aliphatic carbocycles. The Morgan fingerprint density at radius 3 is 2.80 bits per heavy atom. The van der Waals surface area contributed by atoms with Gasteiger partial charge >= 0.3 is 5.97 Å². The number of likely N-dealkylation sites (N-methyl/N-ethyl adjacent to an activating group) is 1. The topological polar surface area (TPSA) is 83.5 Å². The van der Waals surface area contributed by atoms with E-state index in [-0.39, 0.29) is 5.97 Å². The molecule has 3 rings (SSSR count). The van der Waals surface area contributed by atoms with Crippen LogP contribution in [0.15, 0.2) is 12.3 Å². The predicted octanol–water partition coefficient (Wildman–Crippen LogP) is 1.91. The summed E-state index contributed by atoms with van der Waals surface area (Å²) in [6.07, 6.45) is 1.51. The number of anilines is 3. The van der Waals surface area contributed by atoms with Crippen molar-refractivity contribution in [2.75, 3.05) is 50.1 Å². The Morgan fingerprint density at radius 2 is 2.08 bits per heavy atom. The Balaban J connectivity index is 1.73. The number of nitrogens with one attached hydrogen (secondary N) is 1. The lowest BCUT2D eigenvalue weighted by Gasteiger charge is -2.33.